The van der Waals surface area contributed by atoms with Gasteiger partial charge in [-0.05, 0) is 41.8 Å². The topological polar surface area (TPSA) is 111 Å². The Hall–Kier alpha value is -1.41. The molecule has 4 radical (unpaired) electrons. The molecule has 24 heavy (non-hydrogen) atoms. The van der Waals surface area contributed by atoms with Crippen molar-refractivity contribution in [1.29, 1.82) is 0 Å². The molecule has 0 heterocycles. The Balaban J connectivity index is -0.0000000242. The zero-order chi connectivity index (χ0) is 23.4. The van der Waals surface area contributed by atoms with Crippen molar-refractivity contribution >= 4 is 40.2 Å². The maximum Gasteiger partial charge on any atom is 0.289 e. The van der Waals surface area contributed by atoms with E-state index in [0.717, 1.165) is 5.71 Å². The minimum atomic E-state index is -0.750. The van der Waals surface area contributed by atoms with Crippen molar-refractivity contribution in [2.75, 3.05) is 28.2 Å². The lowest BCUT2D eigenvalue weighted by Gasteiger charge is -1.74. The zero-order valence-corrected chi connectivity index (χ0v) is 16.3. The number of hydrogen-bond donors (Lipinski definition) is 2. The molecule has 6 nitrogen and oxygen atoms in total. The molecule has 0 atom stereocenters. The summed E-state index contributed by atoms with van der Waals surface area (Å²) in [5.74, 6) is 0.167. The molecule has 0 aromatic carbocycles. The molecule has 0 aliphatic rings. The highest BCUT2D eigenvalue weighted by Crippen LogP contribution is 1.63. The van der Waals surface area contributed by atoms with Gasteiger partial charge in [0.15, 0.2) is 6.47 Å². The number of ketones is 1. The van der Waals surface area contributed by atoms with Crippen LogP contribution in [-0.2, 0) is 9.59 Å². The quantitative estimate of drug-likeness (QED) is 0.299. The summed E-state index contributed by atoms with van der Waals surface area (Å²) in [4.78, 5) is 24.3. The average Bonchev–Trinajstić information content (AvgIpc) is 2.60. The Bertz CT molecular complexity index is 243. The van der Waals surface area contributed by atoms with Crippen LogP contribution in [0.25, 0.3) is 0 Å². The Morgan fingerprint density at radius 2 is 1.08 bits per heavy atom. The summed E-state index contributed by atoms with van der Waals surface area (Å²) < 4.78 is 32.0. The highest BCUT2D eigenvalue weighted by atomic mass is 19.1. The second-order valence-corrected chi connectivity index (χ2v) is 2.52. The smallest absolute Gasteiger partial charge is 0.289 e. The normalized spacial score (nSPS) is 6.67. The van der Waals surface area contributed by atoms with E-state index in [2.05, 4.69) is 37.1 Å². The molecule has 0 rings (SSSR count). The van der Waals surface area contributed by atoms with E-state index in [9.17, 15) is 13.6 Å². The third kappa shape index (κ3) is 3130. The summed E-state index contributed by atoms with van der Waals surface area (Å²) in [5.41, 5.74) is 10.1. The van der Waals surface area contributed by atoms with E-state index in [4.69, 9.17) is 7.54 Å². The van der Waals surface area contributed by atoms with E-state index < -0.39 is 6.54 Å². The molecule has 0 aliphatic heterocycles. The predicted octanol–water partition coefficient (Wildman–Crippen LogP) is 2.01. The maximum atomic E-state index is 10.4. The van der Waals surface area contributed by atoms with Gasteiger partial charge in [-0.3, -0.25) is 14.8 Å². The second kappa shape index (κ2) is 124. The number of nitrogens with zero attached hydrogens (tertiary/aromatic N) is 2. The first-order chi connectivity index (χ1) is 12.2. The molecule has 0 aromatic rings. The predicted molar refractivity (Wildman–Crippen MR) is 108 cm³/mol. The molecular formula is C14H36B2F2N4O2. The summed E-state index contributed by atoms with van der Waals surface area (Å²) in [6, 6.07) is 0. The number of rotatable bonds is 0. The number of carbonyl (C=O) groups excluding carboxylic acids is 2. The van der Waals surface area contributed by atoms with Gasteiger partial charge in [-0.1, -0.05) is 13.6 Å². The van der Waals surface area contributed by atoms with Crippen molar-refractivity contribution in [1.82, 2.24) is 0 Å². The van der Waals surface area contributed by atoms with Crippen LogP contribution >= 0.6 is 0 Å². The molecule has 0 saturated carbocycles. The fraction of sp³-hybridized carbons (Fsp3) is 0.714. The summed E-state index contributed by atoms with van der Waals surface area (Å²) in [7, 11) is 15.2. The fourth-order valence-electron chi connectivity index (χ4n) is 0. The van der Waals surface area contributed by atoms with Gasteiger partial charge >= 0.3 is 0 Å². The standard InChI is InChI=1S/C4H9N.C3H6O.C2H4FN.2CH3B.CHFO.2CH5N/c1-4(2)5-3;1-3(2)4;1-4-2-3;2*1-2;2-1-3;2*1-2/h1-3H3;1-2H3;2H,1H3;2*1H3;1H;2*2H2,1H3/i;;;2*1T;;;. The molecule has 10 heteroatoms. The van der Waals surface area contributed by atoms with E-state index in [1.807, 2.05) is 13.8 Å². The van der Waals surface area contributed by atoms with E-state index in [-0.39, 0.29) is 25.8 Å². The van der Waals surface area contributed by atoms with Gasteiger partial charge in [0.05, 0.1) is 15.7 Å². The molecule has 0 bridgehead atoms. The van der Waals surface area contributed by atoms with Gasteiger partial charge < -0.3 is 16.3 Å². The van der Waals surface area contributed by atoms with Gasteiger partial charge in [0.2, 0.25) is 0 Å². The molecule has 0 unspecified atom stereocenters. The van der Waals surface area contributed by atoms with Gasteiger partial charge in [0.1, 0.15) is 5.78 Å². The van der Waals surface area contributed by atoms with Gasteiger partial charge in [-0.15, -0.1) is 0 Å². The molecule has 0 spiro atoms. The summed E-state index contributed by atoms with van der Waals surface area (Å²) in [6.07, 6.45) is 0. The highest BCUT2D eigenvalue weighted by molar-refractivity contribution is 6.05. The highest BCUT2D eigenvalue weighted by Gasteiger charge is 1.62. The van der Waals surface area contributed by atoms with Crippen molar-refractivity contribution in [3.63, 3.8) is 0 Å². The number of hydrogen-bond acceptors (Lipinski definition) is 6. The first-order valence-corrected chi connectivity index (χ1v) is 6.22. The molecular weight excluding hydrogens is 316 g/mol. The molecule has 0 aliphatic carbocycles. The summed E-state index contributed by atoms with van der Waals surface area (Å²) in [6.45, 7) is 6.50. The Morgan fingerprint density at radius 1 is 1.00 bits per heavy atom. The lowest BCUT2D eigenvalue weighted by atomic mass is 10.2. The Morgan fingerprint density at radius 3 is 1.08 bits per heavy atom. The van der Waals surface area contributed by atoms with Gasteiger partial charge in [-0.25, -0.2) is 0 Å². The molecule has 0 saturated heterocycles. The van der Waals surface area contributed by atoms with Crippen LogP contribution in [0.3, 0.4) is 0 Å². The van der Waals surface area contributed by atoms with Crippen molar-refractivity contribution in [2.24, 2.45) is 21.5 Å². The first-order valence-electron chi connectivity index (χ1n) is 7.64. The minimum Gasteiger partial charge on any atom is -0.333 e. The molecule has 4 N–H and O–H groups in total. The third-order valence-electron chi connectivity index (χ3n) is 0.545. The molecule has 0 amide bonds. The SMILES string of the molecule is CC(C)=O.CN.CN.CN=C(C)C.CN=CF.O=CF.[3H]C[B].[3H]C[B]. The molecule has 144 valence electrons. The van der Waals surface area contributed by atoms with Crippen LogP contribution in [0.4, 0.5) is 8.78 Å². The van der Waals surface area contributed by atoms with Crippen LogP contribution < -0.4 is 11.5 Å². The van der Waals surface area contributed by atoms with Gasteiger partial charge in [0.25, 0.3) is 6.54 Å². The second-order valence-electron chi connectivity index (χ2n) is 2.52. The lowest BCUT2D eigenvalue weighted by Crippen LogP contribution is -1.74. The van der Waals surface area contributed by atoms with Crippen LogP contribution in [0.1, 0.15) is 30.4 Å². The molecule has 0 aromatic heterocycles. The van der Waals surface area contributed by atoms with Crippen molar-refractivity contribution in [3.8, 4) is 0 Å². The van der Waals surface area contributed by atoms with E-state index in [0.29, 0.717) is 0 Å². The monoisotopic (exact) mass is 356 g/mol. The van der Waals surface area contributed by atoms with Crippen LogP contribution in [-0.4, -0.2) is 68.4 Å². The average molecular weight is 356 g/mol. The number of carbonyl (C=O) groups is 2. The van der Waals surface area contributed by atoms with E-state index in [1.54, 1.807) is 7.05 Å². The Labute approximate surface area is 153 Å². The van der Waals surface area contributed by atoms with E-state index >= 15 is 0 Å². The van der Waals surface area contributed by atoms with Crippen LogP contribution in [0.2, 0.25) is 13.6 Å². The van der Waals surface area contributed by atoms with Crippen LogP contribution in [0, 0.1) is 0 Å². The number of halogens is 2. The Kier molecular flexibility index (Phi) is 198. The third-order valence-corrected chi connectivity index (χ3v) is 0.545. The lowest BCUT2D eigenvalue weighted by molar-refractivity contribution is -0.114. The maximum absolute atomic E-state index is 10.4. The zero-order valence-electron chi connectivity index (χ0n) is 18.3. The number of nitrogens with two attached hydrogens (primary N) is 2. The van der Waals surface area contributed by atoms with Crippen LogP contribution in [0.5, 0.6) is 0 Å². The molecule has 0 fully saturated rings. The van der Waals surface area contributed by atoms with Crippen molar-refractivity contribution in [2.45, 2.75) is 41.3 Å². The largest absolute Gasteiger partial charge is 0.333 e. The van der Waals surface area contributed by atoms with Gasteiger partial charge in [0, 0.05) is 22.5 Å². The van der Waals surface area contributed by atoms with Crippen LogP contribution in [0.15, 0.2) is 9.98 Å². The number of Topliss-reactive ketones (excluding diaryl/α,β-unsaturated/α-hetero) is 1. The van der Waals surface area contributed by atoms with Crippen molar-refractivity contribution in [3.05, 3.63) is 0 Å². The first kappa shape index (κ1) is 38.3. The number of aliphatic imine (C=N–C) groups is 2. The summed E-state index contributed by atoms with van der Waals surface area (Å²) >= 11 is 0. The summed E-state index contributed by atoms with van der Waals surface area (Å²) in [5, 5.41) is 0. The van der Waals surface area contributed by atoms with Gasteiger partial charge in [-0.2, -0.15) is 8.78 Å². The minimum absolute atomic E-state index is 0. The van der Waals surface area contributed by atoms with Crippen molar-refractivity contribution < 1.29 is 21.1 Å². The fourth-order valence-corrected chi connectivity index (χ4v) is 0. The van der Waals surface area contributed by atoms with E-state index in [1.165, 1.54) is 35.0 Å².